The van der Waals surface area contributed by atoms with Gasteiger partial charge in [-0.25, -0.2) is 0 Å². The summed E-state index contributed by atoms with van der Waals surface area (Å²) >= 11 is 12.3. The van der Waals surface area contributed by atoms with Crippen molar-refractivity contribution in [1.82, 2.24) is 9.80 Å². The summed E-state index contributed by atoms with van der Waals surface area (Å²) in [6, 6.07) is 6.01. The van der Waals surface area contributed by atoms with Crippen molar-refractivity contribution in [3.05, 3.63) is 68.7 Å². The lowest BCUT2D eigenvalue weighted by molar-refractivity contribution is -0.143. The van der Waals surface area contributed by atoms with Gasteiger partial charge >= 0.3 is 12.4 Å². The first-order valence-electron chi connectivity index (χ1n) is 11.2. The van der Waals surface area contributed by atoms with Crippen LogP contribution in [0.4, 0.5) is 26.3 Å². The molecule has 196 valence electrons. The number of morpholine rings is 1. The number of alkyl halides is 6. The van der Waals surface area contributed by atoms with Crippen molar-refractivity contribution in [2.24, 2.45) is 0 Å². The van der Waals surface area contributed by atoms with Crippen molar-refractivity contribution in [3.8, 4) is 0 Å². The van der Waals surface area contributed by atoms with E-state index in [1.165, 1.54) is 4.90 Å². The van der Waals surface area contributed by atoms with Crippen LogP contribution in [0.2, 0.25) is 10.0 Å². The van der Waals surface area contributed by atoms with Crippen molar-refractivity contribution < 1.29 is 35.9 Å². The number of hydrogen-bond acceptors (Lipinski definition) is 3. The fraction of sp³-hybridized carbons (Fsp3) is 0.458. The Hall–Kier alpha value is -2.01. The predicted molar refractivity (Wildman–Crippen MR) is 122 cm³/mol. The number of piperidine rings is 1. The van der Waals surface area contributed by atoms with Crippen molar-refractivity contribution in [2.45, 2.75) is 30.7 Å². The highest BCUT2D eigenvalue weighted by atomic mass is 35.5. The zero-order valence-corrected chi connectivity index (χ0v) is 20.3. The summed E-state index contributed by atoms with van der Waals surface area (Å²) in [4.78, 5) is 16.8. The van der Waals surface area contributed by atoms with Crippen LogP contribution >= 0.6 is 23.2 Å². The molecular formula is C24H22Cl2F6N2O2. The summed E-state index contributed by atoms with van der Waals surface area (Å²) in [6.45, 7) is 2.68. The summed E-state index contributed by atoms with van der Waals surface area (Å²) in [6.07, 6.45) is -9.61. The smallest absolute Gasteiger partial charge is 0.379 e. The summed E-state index contributed by atoms with van der Waals surface area (Å²) in [5, 5.41) is 0.654. The molecule has 0 aromatic heterocycles. The average molecular weight is 555 g/mol. The van der Waals surface area contributed by atoms with Gasteiger partial charge in [-0.15, -0.1) is 0 Å². The number of carbonyl (C=O) groups is 1. The molecule has 2 fully saturated rings. The lowest BCUT2D eigenvalue weighted by Crippen LogP contribution is -2.54. The van der Waals surface area contributed by atoms with Crippen LogP contribution in [-0.4, -0.2) is 61.1 Å². The van der Waals surface area contributed by atoms with E-state index in [-0.39, 0.29) is 31.1 Å². The second kappa shape index (κ2) is 10.4. The largest absolute Gasteiger partial charge is 0.416 e. The molecule has 0 saturated carbocycles. The molecule has 2 heterocycles. The molecule has 12 heteroatoms. The van der Waals surface area contributed by atoms with E-state index in [2.05, 4.69) is 4.90 Å². The Bertz CT molecular complexity index is 1090. The molecule has 2 aromatic carbocycles. The lowest BCUT2D eigenvalue weighted by atomic mass is 9.84. The first-order chi connectivity index (χ1) is 16.8. The lowest BCUT2D eigenvalue weighted by Gasteiger charge is -2.45. The average Bonchev–Trinajstić information content (AvgIpc) is 2.84. The van der Waals surface area contributed by atoms with Gasteiger partial charge in [-0.05, 0) is 42.3 Å². The fourth-order valence-corrected chi connectivity index (χ4v) is 5.11. The molecule has 0 radical (unpaired) electrons. The summed E-state index contributed by atoms with van der Waals surface area (Å²) < 4.78 is 85.4. The molecule has 2 aliphatic rings. The Morgan fingerprint density at radius 2 is 1.47 bits per heavy atom. The highest BCUT2D eigenvalue weighted by Gasteiger charge is 2.40. The van der Waals surface area contributed by atoms with Gasteiger partial charge in [-0.3, -0.25) is 9.69 Å². The second-order valence-corrected chi connectivity index (χ2v) is 9.64. The summed E-state index contributed by atoms with van der Waals surface area (Å²) in [5.41, 5.74) is -2.93. The number of hydrogen-bond donors (Lipinski definition) is 0. The summed E-state index contributed by atoms with van der Waals surface area (Å²) in [5.74, 6) is -1.18. The monoisotopic (exact) mass is 554 g/mol. The van der Waals surface area contributed by atoms with Gasteiger partial charge in [0.25, 0.3) is 5.91 Å². The highest BCUT2D eigenvalue weighted by Crippen LogP contribution is 2.38. The minimum Gasteiger partial charge on any atom is -0.379 e. The van der Waals surface area contributed by atoms with Crippen LogP contribution in [0.15, 0.2) is 36.4 Å². The third kappa shape index (κ3) is 5.93. The third-order valence-electron chi connectivity index (χ3n) is 6.58. The number of likely N-dealkylation sites (tertiary alicyclic amines) is 1. The van der Waals surface area contributed by atoms with E-state index in [1.807, 2.05) is 0 Å². The quantitative estimate of drug-likeness (QED) is 0.414. The molecule has 2 atom stereocenters. The maximum atomic E-state index is 13.3. The minimum atomic E-state index is -5.04. The van der Waals surface area contributed by atoms with Crippen LogP contribution in [0.5, 0.6) is 0 Å². The Kier molecular flexibility index (Phi) is 7.81. The molecule has 4 nitrogen and oxygen atoms in total. The van der Waals surface area contributed by atoms with Crippen molar-refractivity contribution in [2.75, 3.05) is 39.4 Å². The molecule has 0 aliphatic carbocycles. The Morgan fingerprint density at radius 1 is 0.861 bits per heavy atom. The van der Waals surface area contributed by atoms with Crippen LogP contribution in [0.25, 0.3) is 0 Å². The van der Waals surface area contributed by atoms with Crippen LogP contribution in [0.1, 0.15) is 39.4 Å². The zero-order chi connectivity index (χ0) is 26.3. The fourth-order valence-electron chi connectivity index (χ4n) is 4.80. The third-order valence-corrected chi connectivity index (χ3v) is 7.32. The number of nitrogens with zero attached hydrogens (tertiary/aromatic N) is 2. The van der Waals surface area contributed by atoms with Gasteiger partial charge in [0.1, 0.15) is 0 Å². The Balaban J connectivity index is 1.67. The topological polar surface area (TPSA) is 32.8 Å². The van der Waals surface area contributed by atoms with E-state index in [0.29, 0.717) is 54.9 Å². The van der Waals surface area contributed by atoms with Crippen LogP contribution in [0.3, 0.4) is 0 Å². The van der Waals surface area contributed by atoms with Crippen molar-refractivity contribution in [3.63, 3.8) is 0 Å². The van der Waals surface area contributed by atoms with Gasteiger partial charge in [0, 0.05) is 43.7 Å². The molecular weight excluding hydrogens is 533 g/mol. The van der Waals surface area contributed by atoms with Gasteiger partial charge < -0.3 is 9.64 Å². The van der Waals surface area contributed by atoms with Gasteiger partial charge in [-0.2, -0.15) is 26.3 Å². The second-order valence-electron chi connectivity index (χ2n) is 8.83. The SMILES string of the molecule is O=C(c1cc(C(F)(F)F)cc(C(F)(F)F)c1)N1CC[C@H](N2CCOCC2)[C@H](c2ccc(Cl)c(Cl)c2)C1. The molecule has 0 bridgehead atoms. The normalized spacial score (nSPS) is 22.1. The molecule has 2 aromatic rings. The number of carbonyl (C=O) groups excluding carboxylic acids is 1. The predicted octanol–water partition coefficient (Wildman–Crippen LogP) is 6.36. The molecule has 0 unspecified atom stereocenters. The first kappa shape index (κ1) is 27.0. The van der Waals surface area contributed by atoms with E-state index in [4.69, 9.17) is 27.9 Å². The standard InChI is InChI=1S/C24H22Cl2F6N2O2/c25-19-2-1-14(11-20(19)26)18-13-34(4-3-21(18)33-5-7-36-8-6-33)22(35)15-9-16(23(27,28)29)12-17(10-15)24(30,31)32/h1-2,9-12,18,21H,3-8,13H2/t18-,21-/m0/s1. The molecule has 0 N–H and O–H groups in total. The Labute approximate surface area is 213 Å². The number of amides is 1. The number of benzene rings is 2. The van der Waals surface area contributed by atoms with Gasteiger partial charge in [0.05, 0.1) is 34.4 Å². The maximum absolute atomic E-state index is 13.3. The van der Waals surface area contributed by atoms with Gasteiger partial charge in [0.15, 0.2) is 0 Å². The molecule has 4 rings (SSSR count). The summed E-state index contributed by atoms with van der Waals surface area (Å²) in [7, 11) is 0. The van der Waals surface area contributed by atoms with Crippen molar-refractivity contribution in [1.29, 1.82) is 0 Å². The van der Waals surface area contributed by atoms with Gasteiger partial charge in [-0.1, -0.05) is 29.3 Å². The van der Waals surface area contributed by atoms with E-state index >= 15 is 0 Å². The van der Waals surface area contributed by atoms with E-state index in [1.54, 1.807) is 18.2 Å². The molecule has 1 amide bonds. The van der Waals surface area contributed by atoms with Crippen LogP contribution in [0, 0.1) is 0 Å². The van der Waals surface area contributed by atoms with Gasteiger partial charge in [0.2, 0.25) is 0 Å². The molecule has 0 spiro atoms. The van der Waals surface area contributed by atoms with Crippen LogP contribution < -0.4 is 0 Å². The van der Waals surface area contributed by atoms with E-state index < -0.39 is 35.0 Å². The van der Waals surface area contributed by atoms with Crippen LogP contribution in [-0.2, 0) is 17.1 Å². The van der Waals surface area contributed by atoms with Crippen molar-refractivity contribution >= 4 is 29.1 Å². The zero-order valence-electron chi connectivity index (χ0n) is 18.8. The minimum absolute atomic E-state index is 0.0138. The molecule has 2 saturated heterocycles. The van der Waals surface area contributed by atoms with E-state index in [9.17, 15) is 31.1 Å². The molecule has 2 aliphatic heterocycles. The maximum Gasteiger partial charge on any atom is 0.416 e. The van der Waals surface area contributed by atoms with E-state index in [0.717, 1.165) is 5.56 Å². The molecule has 36 heavy (non-hydrogen) atoms. The number of ether oxygens (including phenoxy) is 1. The Morgan fingerprint density at radius 3 is 2.03 bits per heavy atom. The first-order valence-corrected chi connectivity index (χ1v) is 12.0. The number of rotatable bonds is 3. The highest BCUT2D eigenvalue weighted by molar-refractivity contribution is 6.42. The number of halogens is 8.